The van der Waals surface area contributed by atoms with E-state index in [1.54, 1.807) is 30.6 Å². The lowest BCUT2D eigenvalue weighted by Gasteiger charge is -2.06. The van der Waals surface area contributed by atoms with E-state index in [2.05, 4.69) is 4.98 Å². The van der Waals surface area contributed by atoms with Crippen molar-refractivity contribution in [3.8, 4) is 11.1 Å². The predicted octanol–water partition coefficient (Wildman–Crippen LogP) is 1.11. The second-order valence-electron chi connectivity index (χ2n) is 3.98. The molecule has 0 bridgehead atoms. The van der Waals surface area contributed by atoms with Crippen LogP contribution in [0.5, 0.6) is 0 Å². The number of hydrogen-bond acceptors (Lipinski definition) is 4. The molecule has 0 aliphatic heterocycles. The Hall–Kier alpha value is -2.25. The van der Waals surface area contributed by atoms with Crippen molar-refractivity contribution in [3.05, 3.63) is 48.8 Å². The quantitative estimate of drug-likeness (QED) is 0.860. The first-order chi connectivity index (χ1) is 9.49. The number of nitrogens with one attached hydrogen (secondary N) is 1. The Morgan fingerprint density at radius 3 is 2.40 bits per heavy atom. The highest BCUT2D eigenvalue weighted by atomic mass is 32.2. The summed E-state index contributed by atoms with van der Waals surface area (Å²) in [6.07, 6.45) is 3.32. The van der Waals surface area contributed by atoms with Gasteiger partial charge in [-0.05, 0) is 29.3 Å². The fourth-order valence-corrected chi connectivity index (χ4v) is 2.57. The van der Waals surface area contributed by atoms with E-state index in [4.69, 9.17) is 5.11 Å². The third kappa shape index (κ3) is 3.40. The van der Waals surface area contributed by atoms with E-state index in [0.717, 1.165) is 11.1 Å². The number of rotatable bonds is 5. The molecule has 0 amide bonds. The molecule has 1 heterocycles. The van der Waals surface area contributed by atoms with Gasteiger partial charge in [0.15, 0.2) is 0 Å². The maximum absolute atomic E-state index is 11.8. The number of carbonyl (C=O) groups is 1. The first kappa shape index (κ1) is 14.2. The molecule has 104 valence electrons. The zero-order chi connectivity index (χ0) is 14.6. The first-order valence-corrected chi connectivity index (χ1v) is 7.19. The van der Waals surface area contributed by atoms with Crippen molar-refractivity contribution in [1.82, 2.24) is 9.71 Å². The highest BCUT2D eigenvalue weighted by Crippen LogP contribution is 2.20. The van der Waals surface area contributed by atoms with Gasteiger partial charge in [-0.15, -0.1) is 0 Å². The minimum absolute atomic E-state index is 0.0198. The van der Waals surface area contributed by atoms with E-state index < -0.39 is 22.5 Å². The van der Waals surface area contributed by atoms with Crippen molar-refractivity contribution in [2.45, 2.75) is 4.90 Å². The minimum Gasteiger partial charge on any atom is -0.480 e. The van der Waals surface area contributed by atoms with Gasteiger partial charge in [-0.2, -0.15) is 4.72 Å². The van der Waals surface area contributed by atoms with Crippen LogP contribution >= 0.6 is 0 Å². The minimum atomic E-state index is -3.80. The summed E-state index contributed by atoms with van der Waals surface area (Å²) in [6, 6.07) is 9.78. The number of pyridine rings is 1. The van der Waals surface area contributed by atoms with Crippen LogP contribution in [-0.4, -0.2) is 31.0 Å². The lowest BCUT2D eigenvalue weighted by molar-refractivity contribution is -0.135. The molecule has 0 spiro atoms. The Labute approximate surface area is 116 Å². The average molecular weight is 292 g/mol. The highest BCUT2D eigenvalue weighted by Gasteiger charge is 2.14. The molecular weight excluding hydrogens is 280 g/mol. The van der Waals surface area contributed by atoms with Crippen LogP contribution in [0.3, 0.4) is 0 Å². The Kier molecular flexibility index (Phi) is 4.11. The van der Waals surface area contributed by atoms with Crippen molar-refractivity contribution in [2.75, 3.05) is 6.54 Å². The van der Waals surface area contributed by atoms with Crippen molar-refractivity contribution in [1.29, 1.82) is 0 Å². The number of benzene rings is 1. The number of aliphatic carboxylic acids is 1. The van der Waals surface area contributed by atoms with Gasteiger partial charge in [0, 0.05) is 12.4 Å². The lowest BCUT2D eigenvalue weighted by atomic mass is 10.1. The van der Waals surface area contributed by atoms with Crippen LogP contribution in [-0.2, 0) is 14.8 Å². The van der Waals surface area contributed by atoms with Crippen LogP contribution in [0.4, 0.5) is 0 Å². The van der Waals surface area contributed by atoms with Gasteiger partial charge in [-0.1, -0.05) is 18.2 Å². The van der Waals surface area contributed by atoms with Crippen molar-refractivity contribution >= 4 is 16.0 Å². The fourth-order valence-electron chi connectivity index (χ4n) is 1.60. The summed E-state index contributed by atoms with van der Waals surface area (Å²) in [5.74, 6) is -1.24. The van der Waals surface area contributed by atoms with Crippen LogP contribution in [0.15, 0.2) is 53.7 Å². The summed E-state index contributed by atoms with van der Waals surface area (Å²) < 4.78 is 25.6. The monoisotopic (exact) mass is 292 g/mol. The second kappa shape index (κ2) is 5.81. The molecule has 1 aromatic carbocycles. The maximum Gasteiger partial charge on any atom is 0.318 e. The molecule has 0 saturated carbocycles. The van der Waals surface area contributed by atoms with Crippen LogP contribution < -0.4 is 4.72 Å². The summed E-state index contributed by atoms with van der Waals surface area (Å²) in [5.41, 5.74) is 1.70. The first-order valence-electron chi connectivity index (χ1n) is 5.71. The molecule has 7 heteroatoms. The second-order valence-corrected chi connectivity index (χ2v) is 5.75. The predicted molar refractivity (Wildman–Crippen MR) is 72.5 cm³/mol. The SMILES string of the molecule is O=C(O)CNS(=O)(=O)c1ccc(-c2cccnc2)cc1. The Bertz CT molecular complexity index is 697. The van der Waals surface area contributed by atoms with Crippen molar-refractivity contribution in [2.24, 2.45) is 0 Å². The summed E-state index contributed by atoms with van der Waals surface area (Å²) in [6.45, 7) is -0.646. The Balaban J connectivity index is 2.22. The van der Waals surface area contributed by atoms with E-state index >= 15 is 0 Å². The molecule has 0 aliphatic carbocycles. The number of carboxylic acids is 1. The molecule has 0 saturated heterocycles. The molecule has 2 aromatic rings. The third-order valence-corrected chi connectivity index (χ3v) is 3.99. The number of hydrogen-bond donors (Lipinski definition) is 2. The topological polar surface area (TPSA) is 96.4 Å². The molecule has 6 nitrogen and oxygen atoms in total. The van der Waals surface area contributed by atoms with Crippen molar-refractivity contribution in [3.63, 3.8) is 0 Å². The van der Waals surface area contributed by atoms with E-state index in [1.807, 2.05) is 10.8 Å². The third-order valence-electron chi connectivity index (χ3n) is 2.57. The zero-order valence-corrected chi connectivity index (χ0v) is 11.2. The van der Waals surface area contributed by atoms with E-state index in [1.165, 1.54) is 12.1 Å². The van der Waals surface area contributed by atoms with Gasteiger partial charge >= 0.3 is 5.97 Å². The van der Waals surface area contributed by atoms with Gasteiger partial charge < -0.3 is 5.11 Å². The van der Waals surface area contributed by atoms with Gasteiger partial charge in [0.2, 0.25) is 10.0 Å². The standard InChI is InChI=1S/C13H12N2O4S/c16-13(17)9-15-20(18,19)12-5-3-10(4-6-12)11-2-1-7-14-8-11/h1-8,15H,9H2,(H,16,17). The largest absolute Gasteiger partial charge is 0.480 e. The van der Waals surface area contributed by atoms with Gasteiger partial charge in [-0.3, -0.25) is 9.78 Å². The van der Waals surface area contributed by atoms with Gasteiger partial charge in [0.05, 0.1) is 4.90 Å². The van der Waals surface area contributed by atoms with Crippen LogP contribution in [0.1, 0.15) is 0 Å². The molecule has 2 N–H and O–H groups in total. The Morgan fingerprint density at radius 1 is 1.15 bits per heavy atom. The highest BCUT2D eigenvalue weighted by molar-refractivity contribution is 7.89. The maximum atomic E-state index is 11.8. The molecule has 0 atom stereocenters. The number of nitrogens with zero attached hydrogens (tertiary/aromatic N) is 1. The van der Waals surface area contributed by atoms with Crippen LogP contribution in [0.25, 0.3) is 11.1 Å². The molecular formula is C13H12N2O4S. The summed E-state index contributed by atoms with van der Waals surface area (Å²) in [7, 11) is -3.80. The molecule has 1 aromatic heterocycles. The van der Waals surface area contributed by atoms with Gasteiger partial charge in [-0.25, -0.2) is 8.42 Å². The zero-order valence-electron chi connectivity index (χ0n) is 10.4. The molecule has 0 aliphatic rings. The van der Waals surface area contributed by atoms with E-state index in [9.17, 15) is 13.2 Å². The normalized spacial score (nSPS) is 11.2. The van der Waals surface area contributed by atoms with Crippen LogP contribution in [0.2, 0.25) is 0 Å². The molecule has 20 heavy (non-hydrogen) atoms. The van der Waals surface area contributed by atoms with Gasteiger partial charge in [0.1, 0.15) is 6.54 Å². The summed E-state index contributed by atoms with van der Waals surface area (Å²) >= 11 is 0. The number of aromatic nitrogens is 1. The van der Waals surface area contributed by atoms with E-state index in [0.29, 0.717) is 0 Å². The molecule has 0 radical (unpaired) electrons. The van der Waals surface area contributed by atoms with E-state index in [-0.39, 0.29) is 4.90 Å². The van der Waals surface area contributed by atoms with Crippen molar-refractivity contribution < 1.29 is 18.3 Å². The Morgan fingerprint density at radius 2 is 1.85 bits per heavy atom. The smallest absolute Gasteiger partial charge is 0.318 e. The van der Waals surface area contributed by atoms with Crippen LogP contribution in [0, 0.1) is 0 Å². The van der Waals surface area contributed by atoms with Gasteiger partial charge in [0.25, 0.3) is 0 Å². The molecule has 2 rings (SSSR count). The molecule has 0 fully saturated rings. The summed E-state index contributed by atoms with van der Waals surface area (Å²) in [5, 5.41) is 8.48. The lowest BCUT2D eigenvalue weighted by Crippen LogP contribution is -2.29. The summed E-state index contributed by atoms with van der Waals surface area (Å²) in [4.78, 5) is 14.4. The number of sulfonamides is 1. The molecule has 0 unspecified atom stereocenters. The fraction of sp³-hybridized carbons (Fsp3) is 0.0769. The average Bonchev–Trinajstić information content (AvgIpc) is 2.46. The number of carboxylic acid groups (broad SMARTS) is 1.